The number of pyridine rings is 1. The zero-order chi connectivity index (χ0) is 27.4. The lowest BCUT2D eigenvalue weighted by atomic mass is 9.89. The summed E-state index contributed by atoms with van der Waals surface area (Å²) in [5.74, 6) is 1.17. The molecule has 3 aliphatic heterocycles. The zero-order valence-electron chi connectivity index (χ0n) is 21.9. The first-order chi connectivity index (χ1) is 19.5. The van der Waals surface area contributed by atoms with Crippen molar-refractivity contribution in [3.05, 3.63) is 84.7 Å². The van der Waals surface area contributed by atoms with E-state index in [0.717, 1.165) is 52.8 Å². The van der Waals surface area contributed by atoms with Crippen LogP contribution in [0.2, 0.25) is 5.02 Å². The van der Waals surface area contributed by atoms with Gasteiger partial charge in [-0.25, -0.2) is 19.5 Å². The van der Waals surface area contributed by atoms with Gasteiger partial charge in [0.2, 0.25) is 5.91 Å². The Kier molecular flexibility index (Phi) is 5.89. The molecule has 3 saturated heterocycles. The van der Waals surface area contributed by atoms with Gasteiger partial charge in [-0.3, -0.25) is 4.79 Å². The molecule has 0 aliphatic carbocycles. The third kappa shape index (κ3) is 4.14. The number of aryl methyl sites for hydroxylation is 1. The van der Waals surface area contributed by atoms with Gasteiger partial charge in [0.05, 0.1) is 10.5 Å². The molecule has 6 heterocycles. The maximum atomic E-state index is 12.4. The van der Waals surface area contributed by atoms with Gasteiger partial charge in [0.15, 0.2) is 5.65 Å². The molecule has 2 bridgehead atoms. The number of anilines is 1. The van der Waals surface area contributed by atoms with Crippen LogP contribution in [0, 0.1) is 6.92 Å². The summed E-state index contributed by atoms with van der Waals surface area (Å²) in [4.78, 5) is 30.2. The Morgan fingerprint density at radius 2 is 1.93 bits per heavy atom. The molecule has 3 aliphatic rings. The molecule has 2 unspecified atom stereocenters. The molecule has 1 amide bonds. The minimum Gasteiger partial charge on any atom is -0.456 e. The van der Waals surface area contributed by atoms with Crippen molar-refractivity contribution < 1.29 is 9.53 Å². The van der Waals surface area contributed by atoms with Gasteiger partial charge < -0.3 is 14.5 Å². The van der Waals surface area contributed by atoms with E-state index in [2.05, 4.69) is 43.7 Å². The van der Waals surface area contributed by atoms with Gasteiger partial charge in [0.1, 0.15) is 24.2 Å². The number of hydrogen-bond acceptors (Lipinski definition) is 7. The van der Waals surface area contributed by atoms with Crippen LogP contribution in [0.1, 0.15) is 18.5 Å². The molecule has 8 rings (SSSR count). The minimum absolute atomic E-state index is 0.0103. The number of halogens is 1. The van der Waals surface area contributed by atoms with Gasteiger partial charge >= 0.3 is 0 Å². The second-order valence-corrected chi connectivity index (χ2v) is 10.7. The fourth-order valence-corrected chi connectivity index (χ4v) is 6.15. The second kappa shape index (κ2) is 9.60. The highest BCUT2D eigenvalue weighted by Gasteiger charge is 2.40. The van der Waals surface area contributed by atoms with Gasteiger partial charge in [-0.15, -0.1) is 0 Å². The Morgan fingerprint density at radius 3 is 2.73 bits per heavy atom. The van der Waals surface area contributed by atoms with Crippen LogP contribution in [-0.2, 0) is 4.79 Å². The fourth-order valence-electron chi connectivity index (χ4n) is 5.93. The lowest BCUT2D eigenvalue weighted by molar-refractivity contribution is -0.131. The quantitative estimate of drug-likeness (QED) is 0.268. The second-order valence-electron chi connectivity index (χ2n) is 10.3. The molecule has 0 saturated carbocycles. The fraction of sp³-hybridized carbons (Fsp3) is 0.233. The number of aromatic nitrogens is 5. The first-order valence-corrected chi connectivity index (χ1v) is 13.6. The first kappa shape index (κ1) is 24.5. The highest BCUT2D eigenvalue weighted by Crippen LogP contribution is 2.40. The number of nitrogens with zero attached hydrogens (tertiary/aromatic N) is 7. The Bertz CT molecular complexity index is 1800. The maximum Gasteiger partial charge on any atom is 0.246 e. The van der Waals surface area contributed by atoms with E-state index in [0.29, 0.717) is 28.7 Å². The molecule has 3 aromatic heterocycles. The molecule has 0 radical (unpaired) electrons. The van der Waals surface area contributed by atoms with E-state index in [4.69, 9.17) is 16.3 Å². The summed E-state index contributed by atoms with van der Waals surface area (Å²) in [7, 11) is 0. The number of carbonyl (C=O) groups excluding carboxylic acids is 1. The van der Waals surface area contributed by atoms with Crippen molar-refractivity contribution in [1.29, 1.82) is 0 Å². The third-order valence-electron chi connectivity index (χ3n) is 7.96. The van der Waals surface area contributed by atoms with Crippen molar-refractivity contribution in [3.8, 4) is 22.6 Å². The molecular formula is C30H26ClN7O2. The number of benzene rings is 2. The summed E-state index contributed by atoms with van der Waals surface area (Å²) in [6.45, 7) is 7.17. The van der Waals surface area contributed by atoms with Crippen LogP contribution >= 0.6 is 11.6 Å². The topological polar surface area (TPSA) is 88.8 Å². The van der Waals surface area contributed by atoms with E-state index >= 15 is 0 Å². The standard InChI is InChI=1S/C30H26ClN7O2/c1-3-29(39)37-15-20-5-6-21(37)14-36(20)22-11-24-18(2)32-16-34-30(24)25(12-22)19-4-7-27(26(31)10-19)40-23-8-9-38-28(13-23)33-17-35-38/h3-4,7-13,16-17,20-21H,1,5-6,14-15H2,2H3. The largest absolute Gasteiger partial charge is 0.456 e. The minimum atomic E-state index is 0.0103. The summed E-state index contributed by atoms with van der Waals surface area (Å²) in [6.07, 6.45) is 8.36. The van der Waals surface area contributed by atoms with Crippen LogP contribution in [0.25, 0.3) is 27.7 Å². The number of ether oxygens (including phenoxy) is 1. The molecule has 2 aromatic carbocycles. The molecule has 0 N–H and O–H groups in total. The first-order valence-electron chi connectivity index (χ1n) is 13.2. The van der Waals surface area contributed by atoms with Gasteiger partial charge in [0, 0.05) is 59.8 Å². The van der Waals surface area contributed by atoms with Crippen molar-refractivity contribution >= 4 is 39.7 Å². The number of rotatable bonds is 5. The predicted octanol–water partition coefficient (Wildman–Crippen LogP) is 5.46. The normalized spacial score (nSPS) is 18.4. The number of fused-ring (bicyclic) bond motifs is 5. The smallest absolute Gasteiger partial charge is 0.246 e. The van der Waals surface area contributed by atoms with Crippen molar-refractivity contribution in [3.63, 3.8) is 0 Å². The molecule has 0 spiro atoms. The lowest BCUT2D eigenvalue weighted by Crippen LogP contribution is -2.63. The molecular weight excluding hydrogens is 526 g/mol. The van der Waals surface area contributed by atoms with E-state index in [1.165, 1.54) is 12.4 Å². The van der Waals surface area contributed by atoms with E-state index in [1.807, 2.05) is 42.2 Å². The van der Waals surface area contributed by atoms with E-state index in [1.54, 1.807) is 17.0 Å². The van der Waals surface area contributed by atoms with E-state index < -0.39 is 0 Å². The number of hydrogen-bond donors (Lipinski definition) is 0. The number of amides is 1. The monoisotopic (exact) mass is 551 g/mol. The Balaban J connectivity index is 1.25. The van der Waals surface area contributed by atoms with Gasteiger partial charge in [0.25, 0.3) is 0 Å². The number of carbonyl (C=O) groups is 1. The number of piperazine rings is 1. The van der Waals surface area contributed by atoms with E-state index in [9.17, 15) is 4.79 Å². The average Bonchev–Trinajstić information content (AvgIpc) is 3.46. The molecule has 200 valence electrons. The average molecular weight is 552 g/mol. The molecule has 3 fully saturated rings. The van der Waals surface area contributed by atoms with E-state index in [-0.39, 0.29) is 18.0 Å². The van der Waals surface area contributed by atoms with Crippen molar-refractivity contribution in [1.82, 2.24) is 29.5 Å². The molecule has 5 aromatic rings. The third-order valence-corrected chi connectivity index (χ3v) is 8.26. The van der Waals surface area contributed by atoms with Crippen LogP contribution in [0.5, 0.6) is 11.5 Å². The SMILES string of the molecule is C=CC(=O)N1CC2CCC1CN2c1cc(-c2ccc(Oc3ccn4ncnc4c3)c(Cl)c2)c2ncnc(C)c2c1. The highest BCUT2D eigenvalue weighted by atomic mass is 35.5. The van der Waals surface area contributed by atoms with Crippen LogP contribution in [0.3, 0.4) is 0 Å². The maximum absolute atomic E-state index is 12.4. The predicted molar refractivity (Wildman–Crippen MR) is 154 cm³/mol. The summed E-state index contributed by atoms with van der Waals surface area (Å²) >= 11 is 6.76. The highest BCUT2D eigenvalue weighted by molar-refractivity contribution is 6.32. The summed E-state index contributed by atoms with van der Waals surface area (Å²) in [5.41, 5.74) is 5.46. The molecule has 10 heteroatoms. The Morgan fingerprint density at radius 1 is 1.05 bits per heavy atom. The van der Waals surface area contributed by atoms with Crippen molar-refractivity contribution in [2.45, 2.75) is 31.8 Å². The Hall–Kier alpha value is -4.50. The molecule has 2 atom stereocenters. The van der Waals surface area contributed by atoms with Gasteiger partial charge in [-0.2, -0.15) is 5.10 Å². The molecule has 9 nitrogen and oxygen atoms in total. The lowest BCUT2D eigenvalue weighted by Gasteiger charge is -2.52. The van der Waals surface area contributed by atoms with Crippen LogP contribution in [-0.4, -0.2) is 60.5 Å². The Labute approximate surface area is 235 Å². The zero-order valence-corrected chi connectivity index (χ0v) is 22.6. The van der Waals surface area contributed by atoms with Gasteiger partial charge in [-0.05, 0) is 61.7 Å². The van der Waals surface area contributed by atoms with Crippen LogP contribution in [0.15, 0.2) is 74.0 Å². The summed E-state index contributed by atoms with van der Waals surface area (Å²) in [6, 6.07) is 14.2. The summed E-state index contributed by atoms with van der Waals surface area (Å²) in [5, 5.41) is 5.60. The van der Waals surface area contributed by atoms with Gasteiger partial charge in [-0.1, -0.05) is 24.2 Å². The van der Waals surface area contributed by atoms with Crippen molar-refractivity contribution in [2.75, 3.05) is 18.0 Å². The van der Waals surface area contributed by atoms with Crippen LogP contribution < -0.4 is 9.64 Å². The summed E-state index contributed by atoms with van der Waals surface area (Å²) < 4.78 is 7.76. The molecule has 40 heavy (non-hydrogen) atoms. The van der Waals surface area contributed by atoms with Crippen LogP contribution in [0.4, 0.5) is 5.69 Å². The van der Waals surface area contributed by atoms with Crippen molar-refractivity contribution in [2.24, 2.45) is 0 Å². The number of piperidine rings is 2.